The number of nitrogens with two attached hydrogens (primary N) is 1. The zero-order valence-electron chi connectivity index (χ0n) is 48.8. The number of anilines is 4. The van der Waals surface area contributed by atoms with Crippen LogP contribution < -0.4 is 30.5 Å². The van der Waals surface area contributed by atoms with Gasteiger partial charge in [0.25, 0.3) is 0 Å². The molecule has 5 aliphatic heterocycles. The van der Waals surface area contributed by atoms with E-state index in [4.69, 9.17) is 15.0 Å². The maximum atomic E-state index is 14.5. The number of nitrogens with one attached hydrogen (secondary N) is 1. The van der Waals surface area contributed by atoms with Gasteiger partial charge in [0.05, 0.1) is 39.6 Å². The van der Waals surface area contributed by atoms with Gasteiger partial charge in [-0.1, -0.05) is 55.4 Å². The van der Waals surface area contributed by atoms with E-state index >= 15 is 0 Å². The predicted octanol–water partition coefficient (Wildman–Crippen LogP) is 8.15. The molecule has 0 radical (unpaired) electrons. The number of rotatable bonds is 17. The van der Waals surface area contributed by atoms with Crippen LogP contribution in [-0.2, 0) is 9.59 Å². The lowest BCUT2D eigenvalue weighted by molar-refractivity contribution is -0.141. The second kappa shape index (κ2) is 23.6. The number of aliphatic hydroxyl groups excluding tert-OH is 1. The predicted molar refractivity (Wildman–Crippen MR) is 323 cm³/mol. The average molecular weight is 1150 g/mol. The van der Waals surface area contributed by atoms with E-state index in [1.54, 1.807) is 28.4 Å². The number of phenols is 1. The summed E-state index contributed by atoms with van der Waals surface area (Å²) in [5.41, 5.74) is 14.6. The van der Waals surface area contributed by atoms with Gasteiger partial charge in [-0.15, -0.1) is 21.5 Å². The number of aryl methyl sites for hydroxylation is 1. The monoisotopic (exact) mass is 1150 g/mol. The van der Waals surface area contributed by atoms with Gasteiger partial charge < -0.3 is 55.0 Å². The van der Waals surface area contributed by atoms with Crippen LogP contribution in [-0.4, -0.2) is 163 Å². The Bertz CT molecular complexity index is 3230. The normalized spacial score (nSPS) is 24.3. The van der Waals surface area contributed by atoms with Crippen LogP contribution in [0.3, 0.4) is 0 Å². The summed E-state index contributed by atoms with van der Waals surface area (Å²) in [5, 5.41) is 37.6. The quantitative estimate of drug-likeness (QED) is 0.0677. The zero-order chi connectivity index (χ0) is 57.7. The smallest absolute Gasteiger partial charge is 0.243 e. The molecule has 440 valence electrons. The first-order valence-electron chi connectivity index (χ1n) is 30.1. The maximum absolute atomic E-state index is 14.5. The van der Waals surface area contributed by atoms with E-state index in [0.29, 0.717) is 52.6 Å². The Kier molecular flexibility index (Phi) is 16.1. The van der Waals surface area contributed by atoms with Crippen LogP contribution in [0.15, 0.2) is 89.0 Å². The number of aromatic hydroxyl groups is 1. The summed E-state index contributed by atoms with van der Waals surface area (Å²) >= 11 is 1.60. The number of hydrogen-bond acceptors (Lipinski definition) is 18. The molecule has 5 N–H and O–H groups in total. The van der Waals surface area contributed by atoms with E-state index in [0.717, 1.165) is 123 Å². The Morgan fingerprint density at radius 2 is 1.60 bits per heavy atom. The van der Waals surface area contributed by atoms with E-state index in [1.807, 2.05) is 87.9 Å². The van der Waals surface area contributed by atoms with Gasteiger partial charge in [-0.05, 0) is 132 Å². The van der Waals surface area contributed by atoms with Crippen molar-refractivity contribution in [2.45, 2.75) is 134 Å². The lowest BCUT2D eigenvalue weighted by Gasteiger charge is -2.50. The average Bonchev–Trinajstić information content (AvgIpc) is 4.49. The number of amides is 2. The molecule has 12 rings (SSSR count). The Labute approximate surface area is 491 Å². The molecule has 19 nitrogen and oxygen atoms in total. The zero-order valence-corrected chi connectivity index (χ0v) is 49.6. The van der Waals surface area contributed by atoms with Crippen molar-refractivity contribution >= 4 is 46.2 Å². The lowest BCUT2D eigenvalue weighted by Crippen LogP contribution is -2.59. The van der Waals surface area contributed by atoms with Crippen molar-refractivity contribution < 1.29 is 29.1 Å². The van der Waals surface area contributed by atoms with E-state index < -0.39 is 18.1 Å². The highest BCUT2D eigenvalue weighted by Gasteiger charge is 2.46. The Morgan fingerprint density at radius 3 is 2.30 bits per heavy atom. The molecule has 5 saturated heterocycles. The Hall–Kier alpha value is -6.87. The van der Waals surface area contributed by atoms with Gasteiger partial charge in [-0.2, -0.15) is 0 Å². The molecule has 9 heterocycles. The molecule has 1 unspecified atom stereocenters. The number of phenolic OH excluding ortho intramolecular Hbond substituents is 1. The summed E-state index contributed by atoms with van der Waals surface area (Å²) in [4.78, 5) is 52.5. The topological polar surface area (TPSA) is 219 Å². The number of pyridine rings is 1. The van der Waals surface area contributed by atoms with Gasteiger partial charge in [-0.3, -0.25) is 14.5 Å². The minimum absolute atomic E-state index is 0.0442. The number of hydrogen-bond donors (Lipinski definition) is 4. The number of likely N-dealkylation sites (tertiary alicyclic amines) is 2. The minimum Gasteiger partial charge on any atom is -0.507 e. The molecule has 0 spiro atoms. The molecule has 2 amide bonds. The first-order chi connectivity index (χ1) is 40.0. The number of nitrogens with zero attached hydrogens (tertiary/aromatic N) is 11. The van der Waals surface area contributed by atoms with Gasteiger partial charge in [-0.25, -0.2) is 9.97 Å². The van der Waals surface area contributed by atoms with Gasteiger partial charge in [0.1, 0.15) is 23.8 Å². The van der Waals surface area contributed by atoms with Crippen LogP contribution >= 0.6 is 11.3 Å². The number of carbonyl (C=O) groups excluding carboxylic acids is 2. The number of para-hydroxylation sites is 1. The van der Waals surface area contributed by atoms with Gasteiger partial charge in [0, 0.05) is 106 Å². The number of aromatic nitrogens is 5. The fraction of sp³-hybridized carbons (Fsp3) is 0.540. The van der Waals surface area contributed by atoms with Crippen LogP contribution in [0, 0.1) is 24.7 Å². The number of β-amino-alcohol motifs (C(OH)–C–C–N with tert-alkyl or cyclic N) is 1. The molecule has 6 atom stereocenters. The molecule has 2 aromatic carbocycles. The van der Waals surface area contributed by atoms with E-state index in [1.165, 1.54) is 12.8 Å². The SMILES string of the molecule is Cc1ncsc1-c1ccc([C@H](C)NC(=O)[C@@H]2C[C@@H](O)CN2C(=O)[C@@H](c2cc(N3CCN(C(C)(C)C4CCN(CC5CC(Oc6cc(N7C8CC[C@@H]7CN(c7cc(-c9ccccc9O)nnc7N)C8)ccn6)C5)CC4)CC3)no2)C(C)C)cc1. The lowest BCUT2D eigenvalue weighted by atomic mass is 9.77. The summed E-state index contributed by atoms with van der Waals surface area (Å²) in [6.45, 7) is 21.2. The van der Waals surface area contributed by atoms with E-state index in [-0.39, 0.29) is 54.1 Å². The van der Waals surface area contributed by atoms with Crippen molar-refractivity contribution in [1.82, 2.24) is 45.3 Å². The molecule has 6 fully saturated rings. The van der Waals surface area contributed by atoms with Crippen LogP contribution in [0.1, 0.15) is 109 Å². The molecular weight excluding hydrogens is 1070 g/mol. The van der Waals surface area contributed by atoms with Crippen molar-refractivity contribution in [2.75, 3.05) is 85.9 Å². The largest absolute Gasteiger partial charge is 0.507 e. The number of fused-ring (bicyclic) bond motifs is 2. The summed E-state index contributed by atoms with van der Waals surface area (Å²) in [6, 6.07) is 22.9. The molecule has 4 aromatic heterocycles. The van der Waals surface area contributed by atoms with Crippen molar-refractivity contribution in [3.63, 3.8) is 0 Å². The molecule has 2 bridgehead atoms. The second-order valence-electron chi connectivity index (χ2n) is 25.2. The summed E-state index contributed by atoms with van der Waals surface area (Å²) in [7, 11) is 0. The third kappa shape index (κ3) is 11.7. The fourth-order valence-electron chi connectivity index (χ4n) is 14.3. The number of ether oxygens (including phenoxy) is 1. The highest BCUT2D eigenvalue weighted by atomic mass is 32.1. The first-order valence-corrected chi connectivity index (χ1v) is 31.0. The number of nitrogen functional groups attached to an aromatic ring is 1. The van der Waals surface area contributed by atoms with Crippen LogP contribution in [0.4, 0.5) is 23.0 Å². The van der Waals surface area contributed by atoms with E-state index in [2.05, 4.69) is 81.1 Å². The molecular formula is C63H81N13O6S. The standard InChI is InChI=1S/C63H81N13O6S/c1-38(2)58(62(80)75-36-48(77)30-53(75)61(79)67-39(3)42-11-13-43(14-12-42)59-40(4)66-37-83-59)55-32-56(70-82-55)72-23-25-74(26-24-72)63(5,6)44-18-21-71(22-19-44)33-41-27-49(28-41)81-57-29-45(17-20-65-57)76-46-15-16-47(76)35-73(34-46)52-31-51(68-69-60(52)64)50-9-7-8-10-54(50)78/h7-14,17,20,29,31-32,37-39,41,44,46-49,53,58,77-78H,15-16,18-19,21-28,30,33-36H2,1-6H3,(H2,64,69)(H,67,79)/t39-,41?,46+,47?,48+,49?,53-,58+/m0/s1. The number of carbonyl (C=O) groups is 2. The third-order valence-electron chi connectivity index (χ3n) is 19.2. The second-order valence-corrected chi connectivity index (χ2v) is 26.0. The van der Waals surface area contributed by atoms with Gasteiger partial charge in [0.15, 0.2) is 17.4 Å². The Morgan fingerprint density at radius 1 is 0.867 bits per heavy atom. The third-order valence-corrected chi connectivity index (χ3v) is 20.2. The number of piperazine rings is 2. The fourth-order valence-corrected chi connectivity index (χ4v) is 15.2. The van der Waals surface area contributed by atoms with Crippen molar-refractivity contribution in [1.29, 1.82) is 0 Å². The first kappa shape index (κ1) is 56.6. The number of benzene rings is 2. The maximum Gasteiger partial charge on any atom is 0.243 e. The van der Waals surface area contributed by atoms with Crippen LogP contribution in [0.2, 0.25) is 0 Å². The van der Waals surface area contributed by atoms with Gasteiger partial charge in [0.2, 0.25) is 17.7 Å². The molecule has 20 heteroatoms. The molecule has 1 aliphatic carbocycles. The molecule has 6 aliphatic rings. The molecule has 6 aromatic rings. The highest BCUT2D eigenvalue weighted by molar-refractivity contribution is 7.13. The number of aliphatic hydroxyl groups is 1. The van der Waals surface area contributed by atoms with Crippen molar-refractivity contribution in [2.24, 2.45) is 17.8 Å². The van der Waals surface area contributed by atoms with E-state index in [9.17, 15) is 19.8 Å². The summed E-state index contributed by atoms with van der Waals surface area (Å²) < 4.78 is 12.5. The summed E-state index contributed by atoms with van der Waals surface area (Å²) in [6.07, 6.45) is 8.05. The molecule has 83 heavy (non-hydrogen) atoms. The minimum atomic E-state index is -0.805. The number of thiazole rings is 1. The van der Waals surface area contributed by atoms with Crippen LogP contribution in [0.5, 0.6) is 11.6 Å². The van der Waals surface area contributed by atoms with Crippen molar-refractivity contribution in [3.8, 4) is 33.3 Å². The number of piperidine rings is 1. The Balaban J connectivity index is 0.581. The van der Waals surface area contributed by atoms with Crippen LogP contribution in [0.25, 0.3) is 21.7 Å². The highest BCUT2D eigenvalue weighted by Crippen LogP contribution is 2.42. The molecule has 1 saturated carbocycles. The summed E-state index contributed by atoms with van der Waals surface area (Å²) in [5.74, 6) is 2.37. The van der Waals surface area contributed by atoms with Gasteiger partial charge >= 0.3 is 0 Å². The van der Waals surface area contributed by atoms with Crippen molar-refractivity contribution in [3.05, 3.63) is 102 Å².